The second-order valence-corrected chi connectivity index (χ2v) is 5.17. The van der Waals surface area contributed by atoms with Crippen LogP contribution in [0.1, 0.15) is 40.5 Å². The molecule has 1 rings (SSSR count). The van der Waals surface area contributed by atoms with Gasteiger partial charge in [-0.15, -0.1) is 0 Å². The number of nitrogens with one attached hydrogen (secondary N) is 1. The Morgan fingerprint density at radius 1 is 1.40 bits per heavy atom. The van der Waals surface area contributed by atoms with Crippen LogP contribution in [0.3, 0.4) is 0 Å². The second kappa shape index (κ2) is 4.10. The summed E-state index contributed by atoms with van der Waals surface area (Å²) in [5, 5.41) is 12.7. The average Bonchev–Trinajstić information content (AvgIpc) is 2.51. The molecule has 2 N–H and O–H groups in total. The molecular weight excluding hydrogens is 194 g/mol. The van der Waals surface area contributed by atoms with E-state index in [0.717, 1.165) is 12.8 Å². The molecule has 0 spiro atoms. The minimum Gasteiger partial charge on any atom is -0.388 e. The summed E-state index contributed by atoms with van der Waals surface area (Å²) in [4.78, 5) is 11.8. The number of rotatable bonds is 3. The lowest BCUT2D eigenvalue weighted by Crippen LogP contribution is -2.59. The summed E-state index contributed by atoms with van der Waals surface area (Å²) in [6.07, 6.45) is 1.36. The zero-order chi connectivity index (χ0) is 11.7. The van der Waals surface area contributed by atoms with Crippen molar-refractivity contribution in [2.75, 3.05) is 6.61 Å². The lowest BCUT2D eigenvalue weighted by molar-refractivity contribution is -0.135. The SMILES string of the molecule is CC(C)(O)C(C)(C)NC(=O)[C@H]1CCCO1. The molecule has 0 aromatic rings. The van der Waals surface area contributed by atoms with Gasteiger partial charge in [0, 0.05) is 6.61 Å². The van der Waals surface area contributed by atoms with Gasteiger partial charge in [0.2, 0.25) is 5.91 Å². The van der Waals surface area contributed by atoms with Crippen LogP contribution in [0.15, 0.2) is 0 Å². The fourth-order valence-electron chi connectivity index (χ4n) is 1.33. The van der Waals surface area contributed by atoms with Crippen LogP contribution in [0.25, 0.3) is 0 Å². The van der Waals surface area contributed by atoms with Crippen molar-refractivity contribution in [3.05, 3.63) is 0 Å². The average molecular weight is 215 g/mol. The molecule has 15 heavy (non-hydrogen) atoms. The van der Waals surface area contributed by atoms with E-state index in [-0.39, 0.29) is 12.0 Å². The molecule has 1 aliphatic heterocycles. The van der Waals surface area contributed by atoms with Crippen LogP contribution in [-0.2, 0) is 9.53 Å². The maximum Gasteiger partial charge on any atom is 0.249 e. The number of hydrogen-bond donors (Lipinski definition) is 2. The van der Waals surface area contributed by atoms with Crippen LogP contribution >= 0.6 is 0 Å². The molecule has 1 fully saturated rings. The maximum atomic E-state index is 11.8. The topological polar surface area (TPSA) is 58.6 Å². The quantitative estimate of drug-likeness (QED) is 0.733. The Kier molecular flexibility index (Phi) is 3.41. The molecule has 1 amide bonds. The summed E-state index contributed by atoms with van der Waals surface area (Å²) >= 11 is 0. The van der Waals surface area contributed by atoms with Crippen molar-refractivity contribution >= 4 is 5.91 Å². The summed E-state index contributed by atoms with van der Waals surface area (Å²) < 4.78 is 5.28. The molecular formula is C11H21NO3. The van der Waals surface area contributed by atoms with Gasteiger partial charge in [-0.25, -0.2) is 0 Å². The minimum atomic E-state index is -0.957. The Labute approximate surface area is 91.0 Å². The van der Waals surface area contributed by atoms with E-state index in [1.54, 1.807) is 27.7 Å². The van der Waals surface area contributed by atoms with E-state index in [2.05, 4.69) is 5.32 Å². The first-order chi connectivity index (χ1) is 6.74. The van der Waals surface area contributed by atoms with Gasteiger partial charge in [0.15, 0.2) is 0 Å². The summed E-state index contributed by atoms with van der Waals surface area (Å²) in [6.45, 7) is 7.63. The highest BCUT2D eigenvalue weighted by Crippen LogP contribution is 2.22. The van der Waals surface area contributed by atoms with Gasteiger partial charge in [0.25, 0.3) is 0 Å². The Morgan fingerprint density at radius 3 is 2.40 bits per heavy atom. The van der Waals surface area contributed by atoms with Crippen LogP contribution < -0.4 is 5.32 Å². The molecule has 0 saturated carbocycles. The normalized spacial score (nSPS) is 22.9. The summed E-state index contributed by atoms with van der Waals surface area (Å²) in [6, 6.07) is 0. The van der Waals surface area contributed by atoms with Gasteiger partial charge in [0.1, 0.15) is 6.10 Å². The number of carbonyl (C=O) groups excluding carboxylic acids is 1. The predicted molar refractivity (Wildman–Crippen MR) is 57.5 cm³/mol. The predicted octanol–water partition coefficient (Wildman–Crippen LogP) is 0.831. The highest BCUT2D eigenvalue weighted by atomic mass is 16.5. The van der Waals surface area contributed by atoms with Gasteiger partial charge < -0.3 is 15.2 Å². The number of amides is 1. The molecule has 1 atom stereocenters. The van der Waals surface area contributed by atoms with Gasteiger partial charge in [-0.05, 0) is 40.5 Å². The molecule has 0 unspecified atom stereocenters. The zero-order valence-corrected chi connectivity index (χ0v) is 9.96. The first kappa shape index (κ1) is 12.5. The first-order valence-corrected chi connectivity index (χ1v) is 5.40. The van der Waals surface area contributed by atoms with Crippen molar-refractivity contribution in [1.29, 1.82) is 0 Å². The highest BCUT2D eigenvalue weighted by Gasteiger charge is 2.38. The molecule has 0 radical (unpaired) electrons. The molecule has 1 heterocycles. The van der Waals surface area contributed by atoms with Gasteiger partial charge in [0.05, 0.1) is 11.1 Å². The number of hydrogen-bond acceptors (Lipinski definition) is 3. The van der Waals surface area contributed by atoms with Crippen molar-refractivity contribution in [3.8, 4) is 0 Å². The van der Waals surface area contributed by atoms with Crippen LogP contribution in [0.2, 0.25) is 0 Å². The maximum absolute atomic E-state index is 11.8. The van der Waals surface area contributed by atoms with Crippen LogP contribution in [-0.4, -0.2) is 34.9 Å². The molecule has 0 aromatic heterocycles. The third kappa shape index (κ3) is 2.92. The minimum absolute atomic E-state index is 0.125. The smallest absolute Gasteiger partial charge is 0.249 e. The van der Waals surface area contributed by atoms with Crippen molar-refractivity contribution in [2.45, 2.75) is 57.8 Å². The highest BCUT2D eigenvalue weighted by molar-refractivity contribution is 5.81. The molecule has 1 aliphatic rings. The number of aliphatic hydroxyl groups is 1. The molecule has 0 aliphatic carbocycles. The number of carbonyl (C=O) groups is 1. The van der Waals surface area contributed by atoms with E-state index in [0.29, 0.717) is 6.61 Å². The fraction of sp³-hybridized carbons (Fsp3) is 0.909. The van der Waals surface area contributed by atoms with E-state index < -0.39 is 11.1 Å². The Bertz CT molecular complexity index is 237. The summed E-state index contributed by atoms with van der Waals surface area (Å²) in [5.41, 5.74) is -1.61. The van der Waals surface area contributed by atoms with Crippen LogP contribution in [0, 0.1) is 0 Å². The van der Waals surface area contributed by atoms with E-state index in [1.807, 2.05) is 0 Å². The van der Waals surface area contributed by atoms with E-state index in [4.69, 9.17) is 4.74 Å². The molecule has 0 aromatic carbocycles. The monoisotopic (exact) mass is 215 g/mol. The van der Waals surface area contributed by atoms with Crippen molar-refractivity contribution in [2.24, 2.45) is 0 Å². The van der Waals surface area contributed by atoms with Crippen LogP contribution in [0.5, 0.6) is 0 Å². The Morgan fingerprint density at radius 2 is 2.00 bits per heavy atom. The Hall–Kier alpha value is -0.610. The third-order valence-corrected chi connectivity index (χ3v) is 3.19. The van der Waals surface area contributed by atoms with Gasteiger partial charge >= 0.3 is 0 Å². The molecule has 1 saturated heterocycles. The molecule has 4 nitrogen and oxygen atoms in total. The molecule has 0 bridgehead atoms. The van der Waals surface area contributed by atoms with Crippen molar-refractivity contribution in [3.63, 3.8) is 0 Å². The first-order valence-electron chi connectivity index (χ1n) is 5.40. The van der Waals surface area contributed by atoms with Gasteiger partial charge in [-0.2, -0.15) is 0 Å². The second-order valence-electron chi connectivity index (χ2n) is 5.17. The molecule has 88 valence electrons. The Balaban J connectivity index is 2.57. The van der Waals surface area contributed by atoms with E-state index in [9.17, 15) is 9.90 Å². The van der Waals surface area contributed by atoms with Gasteiger partial charge in [-0.1, -0.05) is 0 Å². The fourth-order valence-corrected chi connectivity index (χ4v) is 1.33. The van der Waals surface area contributed by atoms with Gasteiger partial charge in [-0.3, -0.25) is 4.79 Å². The molecule has 4 heteroatoms. The summed E-state index contributed by atoms with van der Waals surface area (Å²) in [7, 11) is 0. The lowest BCUT2D eigenvalue weighted by Gasteiger charge is -2.38. The third-order valence-electron chi connectivity index (χ3n) is 3.19. The van der Waals surface area contributed by atoms with E-state index in [1.165, 1.54) is 0 Å². The van der Waals surface area contributed by atoms with Crippen molar-refractivity contribution in [1.82, 2.24) is 5.32 Å². The largest absolute Gasteiger partial charge is 0.388 e. The zero-order valence-electron chi connectivity index (χ0n) is 9.96. The van der Waals surface area contributed by atoms with Crippen LogP contribution in [0.4, 0.5) is 0 Å². The number of ether oxygens (including phenoxy) is 1. The van der Waals surface area contributed by atoms with Crippen molar-refractivity contribution < 1.29 is 14.6 Å². The van der Waals surface area contributed by atoms with E-state index >= 15 is 0 Å². The lowest BCUT2D eigenvalue weighted by atomic mass is 9.86. The standard InChI is InChI=1S/C11H21NO3/c1-10(2,11(3,4)14)12-9(13)8-6-5-7-15-8/h8,14H,5-7H2,1-4H3,(H,12,13)/t8-/m1/s1. The summed E-state index contributed by atoms with van der Waals surface area (Å²) in [5.74, 6) is -0.125.